The van der Waals surface area contributed by atoms with Crippen LogP contribution in [0.2, 0.25) is 0 Å². The molecule has 1 heteroatoms. The molecule has 2 aliphatic rings. The van der Waals surface area contributed by atoms with Gasteiger partial charge in [-0.15, -0.1) is 0 Å². The average Bonchev–Trinajstić information content (AvgIpc) is 2.85. The first-order chi connectivity index (χ1) is 10.9. The van der Waals surface area contributed by atoms with Crippen LogP contribution < -0.4 is 4.90 Å². The number of allylic oxidation sites excluding steroid dienone is 5. The number of fused-ring (bicyclic) bond motifs is 1. The Morgan fingerprint density at radius 2 is 1.91 bits per heavy atom. The maximum atomic E-state index is 2.60. The van der Waals surface area contributed by atoms with E-state index in [2.05, 4.69) is 60.4 Å². The first kappa shape index (κ1) is 15.1. The first-order valence-corrected chi connectivity index (χ1v) is 8.81. The molecule has 0 unspecified atom stereocenters. The molecule has 0 saturated carbocycles. The van der Waals surface area contributed by atoms with E-state index in [0.717, 1.165) is 25.8 Å². The summed E-state index contributed by atoms with van der Waals surface area (Å²) in [7, 11) is 0. The third-order valence-corrected chi connectivity index (χ3v) is 4.73. The Morgan fingerprint density at radius 1 is 1.00 bits per heavy atom. The second-order valence-electron chi connectivity index (χ2n) is 6.30. The van der Waals surface area contributed by atoms with E-state index in [0.29, 0.717) is 0 Å². The van der Waals surface area contributed by atoms with Gasteiger partial charge in [-0.05, 0) is 36.5 Å². The van der Waals surface area contributed by atoms with Gasteiger partial charge in [-0.2, -0.15) is 0 Å². The normalized spacial score (nSPS) is 17.0. The lowest BCUT2D eigenvalue weighted by Gasteiger charge is -2.29. The second-order valence-corrected chi connectivity index (χ2v) is 6.30. The summed E-state index contributed by atoms with van der Waals surface area (Å²) in [6.45, 7) is 3.43. The van der Waals surface area contributed by atoms with E-state index < -0.39 is 0 Å². The van der Waals surface area contributed by atoms with Gasteiger partial charge in [0.15, 0.2) is 0 Å². The summed E-state index contributed by atoms with van der Waals surface area (Å²) in [5.41, 5.74) is 5.99. The fourth-order valence-corrected chi connectivity index (χ4v) is 3.52. The molecule has 1 aliphatic heterocycles. The summed E-state index contributed by atoms with van der Waals surface area (Å²) in [6.07, 6.45) is 17.7. The van der Waals surface area contributed by atoms with Gasteiger partial charge < -0.3 is 4.90 Å². The SMILES string of the molecule is CCCCCCN1C2=C(C=CC=CC2)CCc2ccccc21. The van der Waals surface area contributed by atoms with Crippen molar-refractivity contribution in [1.82, 2.24) is 0 Å². The van der Waals surface area contributed by atoms with Crippen LogP contribution in [0.15, 0.2) is 59.8 Å². The number of nitrogens with zero attached hydrogens (tertiary/aromatic N) is 1. The Kier molecular flexibility index (Phi) is 5.15. The predicted octanol–water partition coefficient (Wildman–Crippen LogP) is 5.79. The van der Waals surface area contributed by atoms with Crippen LogP contribution in [-0.2, 0) is 6.42 Å². The molecule has 0 radical (unpaired) electrons. The minimum absolute atomic E-state index is 1.06. The average molecular weight is 293 g/mol. The Balaban J connectivity index is 1.90. The van der Waals surface area contributed by atoms with Crippen LogP contribution >= 0.6 is 0 Å². The lowest BCUT2D eigenvalue weighted by atomic mass is 10.0. The molecule has 1 aliphatic carbocycles. The molecule has 1 aromatic rings. The zero-order valence-electron chi connectivity index (χ0n) is 13.7. The van der Waals surface area contributed by atoms with E-state index in [1.165, 1.54) is 48.2 Å². The molecular formula is C21H27N. The van der Waals surface area contributed by atoms with E-state index in [1.807, 2.05) is 0 Å². The maximum Gasteiger partial charge on any atom is 0.0441 e. The van der Waals surface area contributed by atoms with E-state index in [-0.39, 0.29) is 0 Å². The molecule has 0 N–H and O–H groups in total. The number of aryl methyl sites for hydroxylation is 1. The van der Waals surface area contributed by atoms with Crippen molar-refractivity contribution >= 4 is 5.69 Å². The fraction of sp³-hybridized carbons (Fsp3) is 0.429. The molecule has 22 heavy (non-hydrogen) atoms. The maximum absolute atomic E-state index is 2.60. The Labute approximate surface area is 135 Å². The number of hydrogen-bond acceptors (Lipinski definition) is 1. The monoisotopic (exact) mass is 293 g/mol. The van der Waals surface area contributed by atoms with Gasteiger partial charge in [0.05, 0.1) is 0 Å². The molecule has 0 fully saturated rings. The minimum atomic E-state index is 1.06. The Morgan fingerprint density at radius 3 is 2.82 bits per heavy atom. The minimum Gasteiger partial charge on any atom is -0.344 e. The molecule has 1 heterocycles. The van der Waals surface area contributed by atoms with Crippen molar-refractivity contribution in [3.63, 3.8) is 0 Å². The van der Waals surface area contributed by atoms with Crippen molar-refractivity contribution < 1.29 is 0 Å². The number of hydrogen-bond donors (Lipinski definition) is 0. The quantitative estimate of drug-likeness (QED) is 0.621. The summed E-state index contributed by atoms with van der Waals surface area (Å²) < 4.78 is 0. The van der Waals surface area contributed by atoms with Crippen molar-refractivity contribution in [3.8, 4) is 0 Å². The van der Waals surface area contributed by atoms with Gasteiger partial charge in [0.1, 0.15) is 0 Å². The second kappa shape index (κ2) is 7.49. The number of benzene rings is 1. The highest BCUT2D eigenvalue weighted by Crippen LogP contribution is 2.35. The van der Waals surface area contributed by atoms with Gasteiger partial charge in [0, 0.05) is 24.4 Å². The zero-order chi connectivity index (χ0) is 15.2. The van der Waals surface area contributed by atoms with E-state index in [4.69, 9.17) is 0 Å². The largest absolute Gasteiger partial charge is 0.344 e. The van der Waals surface area contributed by atoms with E-state index >= 15 is 0 Å². The van der Waals surface area contributed by atoms with Crippen LogP contribution in [0.3, 0.4) is 0 Å². The van der Waals surface area contributed by atoms with Crippen LogP contribution in [0, 0.1) is 0 Å². The van der Waals surface area contributed by atoms with E-state index in [9.17, 15) is 0 Å². The molecule has 1 nitrogen and oxygen atoms in total. The van der Waals surface area contributed by atoms with Crippen LogP contribution in [-0.4, -0.2) is 6.54 Å². The number of para-hydroxylation sites is 1. The fourth-order valence-electron chi connectivity index (χ4n) is 3.52. The van der Waals surface area contributed by atoms with Crippen molar-refractivity contribution in [2.75, 3.05) is 11.4 Å². The van der Waals surface area contributed by atoms with Crippen LogP contribution in [0.4, 0.5) is 5.69 Å². The highest BCUT2D eigenvalue weighted by atomic mass is 15.1. The van der Waals surface area contributed by atoms with Gasteiger partial charge in [0.2, 0.25) is 0 Å². The predicted molar refractivity (Wildman–Crippen MR) is 96.2 cm³/mol. The summed E-state index contributed by atoms with van der Waals surface area (Å²) in [5, 5.41) is 0. The number of unbranched alkanes of at least 4 members (excludes halogenated alkanes) is 3. The summed E-state index contributed by atoms with van der Waals surface area (Å²) >= 11 is 0. The lowest BCUT2D eigenvalue weighted by molar-refractivity contribution is 0.658. The van der Waals surface area contributed by atoms with Gasteiger partial charge >= 0.3 is 0 Å². The standard InChI is InChI=1S/C21H27N/c1-2-3-4-10-17-22-20-13-7-5-6-11-18(20)15-16-19-12-8-9-14-21(19)22/h5-9,11-12,14H,2-4,10,13,15-17H2,1H3. The van der Waals surface area contributed by atoms with Crippen molar-refractivity contribution in [2.24, 2.45) is 0 Å². The van der Waals surface area contributed by atoms with Gasteiger partial charge in [-0.25, -0.2) is 0 Å². The highest BCUT2D eigenvalue weighted by molar-refractivity contribution is 5.62. The Bertz CT molecular complexity index is 592. The molecule has 0 aromatic heterocycles. The van der Waals surface area contributed by atoms with Gasteiger partial charge in [-0.3, -0.25) is 0 Å². The van der Waals surface area contributed by atoms with Gasteiger partial charge in [0.25, 0.3) is 0 Å². The van der Waals surface area contributed by atoms with E-state index in [1.54, 1.807) is 0 Å². The molecule has 0 bridgehead atoms. The van der Waals surface area contributed by atoms with Crippen molar-refractivity contribution in [3.05, 3.63) is 65.4 Å². The van der Waals surface area contributed by atoms with Crippen LogP contribution in [0.5, 0.6) is 0 Å². The Hall–Kier alpha value is -1.76. The summed E-state index contributed by atoms with van der Waals surface area (Å²) in [4.78, 5) is 2.60. The third-order valence-electron chi connectivity index (χ3n) is 4.73. The van der Waals surface area contributed by atoms with Crippen molar-refractivity contribution in [2.45, 2.75) is 51.9 Å². The summed E-state index contributed by atoms with van der Waals surface area (Å²) in [6, 6.07) is 8.98. The lowest BCUT2D eigenvalue weighted by Crippen LogP contribution is -2.24. The third kappa shape index (κ3) is 3.35. The van der Waals surface area contributed by atoms with Crippen LogP contribution in [0.25, 0.3) is 0 Å². The smallest absolute Gasteiger partial charge is 0.0441 e. The highest BCUT2D eigenvalue weighted by Gasteiger charge is 2.21. The molecular weight excluding hydrogens is 266 g/mol. The molecule has 0 saturated heterocycles. The molecule has 3 rings (SSSR count). The topological polar surface area (TPSA) is 3.24 Å². The first-order valence-electron chi connectivity index (χ1n) is 8.81. The molecule has 116 valence electrons. The van der Waals surface area contributed by atoms with Crippen LogP contribution in [0.1, 0.15) is 51.0 Å². The molecule has 0 atom stereocenters. The van der Waals surface area contributed by atoms with Gasteiger partial charge in [-0.1, -0.05) is 68.7 Å². The summed E-state index contributed by atoms with van der Waals surface area (Å²) in [5.74, 6) is 0. The molecule has 0 spiro atoms. The number of rotatable bonds is 5. The number of anilines is 1. The molecule has 1 aromatic carbocycles. The van der Waals surface area contributed by atoms with Crippen molar-refractivity contribution in [1.29, 1.82) is 0 Å². The zero-order valence-corrected chi connectivity index (χ0v) is 13.7. The molecule has 0 amide bonds.